The highest BCUT2D eigenvalue weighted by atomic mass is 35.5. The van der Waals surface area contributed by atoms with Crippen molar-refractivity contribution in [1.29, 1.82) is 0 Å². The molecule has 0 radical (unpaired) electrons. The van der Waals surface area contributed by atoms with E-state index in [0.29, 0.717) is 23.9 Å². The first-order valence-corrected chi connectivity index (χ1v) is 11.0. The highest BCUT2D eigenvalue weighted by Crippen LogP contribution is 2.29. The number of halogens is 1. The van der Waals surface area contributed by atoms with Gasteiger partial charge in [0.25, 0.3) is 5.91 Å². The molecule has 0 aromatic heterocycles. The molecule has 0 spiro atoms. The van der Waals surface area contributed by atoms with Crippen LogP contribution in [-0.2, 0) is 4.79 Å². The summed E-state index contributed by atoms with van der Waals surface area (Å²) in [6.45, 7) is 5.00. The van der Waals surface area contributed by atoms with Crippen molar-refractivity contribution in [2.75, 3.05) is 32.8 Å². The van der Waals surface area contributed by atoms with Gasteiger partial charge in [0.2, 0.25) is 0 Å². The second-order valence-corrected chi connectivity index (χ2v) is 8.28. The van der Waals surface area contributed by atoms with Crippen molar-refractivity contribution in [3.63, 3.8) is 0 Å². The number of carbonyl (C=O) groups excluding carboxylic acids is 1. The van der Waals surface area contributed by atoms with E-state index in [4.69, 9.17) is 16.3 Å². The fourth-order valence-corrected chi connectivity index (χ4v) is 4.35. The summed E-state index contributed by atoms with van der Waals surface area (Å²) in [7, 11) is 0. The van der Waals surface area contributed by atoms with Crippen LogP contribution in [0, 0.1) is 6.92 Å². The van der Waals surface area contributed by atoms with E-state index in [0.717, 1.165) is 18.7 Å². The zero-order chi connectivity index (χ0) is 21.6. The quantitative estimate of drug-likeness (QED) is 0.549. The lowest BCUT2D eigenvalue weighted by molar-refractivity contribution is -0.135. The summed E-state index contributed by atoms with van der Waals surface area (Å²) < 4.78 is 5.76. The zero-order valence-corrected chi connectivity index (χ0v) is 18.5. The highest BCUT2D eigenvalue weighted by molar-refractivity contribution is 6.30. The third-order valence-electron chi connectivity index (χ3n) is 5.75. The van der Waals surface area contributed by atoms with Gasteiger partial charge in [0, 0.05) is 31.2 Å². The summed E-state index contributed by atoms with van der Waals surface area (Å²) in [6.07, 6.45) is 0. The van der Waals surface area contributed by atoms with Gasteiger partial charge >= 0.3 is 0 Å². The number of hydrogen-bond donors (Lipinski definition) is 0. The van der Waals surface area contributed by atoms with Gasteiger partial charge in [0.15, 0.2) is 6.61 Å². The van der Waals surface area contributed by atoms with Crippen LogP contribution >= 0.6 is 11.6 Å². The SMILES string of the molecule is Cc1cc(Cl)ccc1OCC(=O)N1CCN(C(c2ccccc2)c2ccccc2)CC1. The van der Waals surface area contributed by atoms with Crippen LogP contribution in [0.3, 0.4) is 0 Å². The fourth-order valence-electron chi connectivity index (χ4n) is 4.12. The first kappa shape index (κ1) is 21.4. The van der Waals surface area contributed by atoms with E-state index in [1.165, 1.54) is 11.1 Å². The average Bonchev–Trinajstić information content (AvgIpc) is 2.80. The number of hydrogen-bond acceptors (Lipinski definition) is 3. The maximum Gasteiger partial charge on any atom is 0.260 e. The van der Waals surface area contributed by atoms with Crippen LogP contribution in [0.15, 0.2) is 78.9 Å². The Balaban J connectivity index is 1.39. The molecule has 4 nitrogen and oxygen atoms in total. The Morgan fingerprint density at radius 2 is 1.48 bits per heavy atom. The van der Waals surface area contributed by atoms with Crippen LogP contribution in [0.5, 0.6) is 5.75 Å². The number of aryl methyl sites for hydroxylation is 1. The van der Waals surface area contributed by atoms with Crippen molar-refractivity contribution in [2.24, 2.45) is 0 Å². The van der Waals surface area contributed by atoms with Crippen LogP contribution in [0.2, 0.25) is 5.02 Å². The Bertz CT molecular complexity index is 963. The Kier molecular flexibility index (Phi) is 6.90. The first-order valence-electron chi connectivity index (χ1n) is 10.6. The molecule has 0 saturated carbocycles. The largest absolute Gasteiger partial charge is 0.483 e. The lowest BCUT2D eigenvalue weighted by Gasteiger charge is -2.39. The van der Waals surface area contributed by atoms with Crippen molar-refractivity contribution in [3.8, 4) is 5.75 Å². The molecule has 1 fully saturated rings. The van der Waals surface area contributed by atoms with Crippen molar-refractivity contribution in [2.45, 2.75) is 13.0 Å². The Morgan fingerprint density at radius 3 is 2.03 bits per heavy atom. The smallest absolute Gasteiger partial charge is 0.260 e. The number of ether oxygens (including phenoxy) is 1. The van der Waals surface area contributed by atoms with Crippen LogP contribution in [0.1, 0.15) is 22.7 Å². The van der Waals surface area contributed by atoms with Crippen molar-refractivity contribution in [1.82, 2.24) is 9.80 Å². The molecule has 0 atom stereocenters. The van der Waals surface area contributed by atoms with Crippen molar-refractivity contribution < 1.29 is 9.53 Å². The molecule has 4 rings (SSSR count). The van der Waals surface area contributed by atoms with Crippen molar-refractivity contribution >= 4 is 17.5 Å². The second kappa shape index (κ2) is 9.99. The Labute approximate surface area is 189 Å². The number of rotatable bonds is 6. The maximum atomic E-state index is 12.7. The van der Waals surface area contributed by atoms with Gasteiger partial charge in [-0.3, -0.25) is 9.69 Å². The number of amides is 1. The van der Waals surface area contributed by atoms with E-state index >= 15 is 0 Å². The van der Waals surface area contributed by atoms with E-state index < -0.39 is 0 Å². The molecule has 1 amide bonds. The summed E-state index contributed by atoms with van der Waals surface area (Å²) in [5, 5.41) is 0.665. The maximum absolute atomic E-state index is 12.7. The molecule has 0 N–H and O–H groups in total. The lowest BCUT2D eigenvalue weighted by Crippen LogP contribution is -2.51. The summed E-state index contributed by atoms with van der Waals surface area (Å²) in [4.78, 5) is 17.1. The Morgan fingerprint density at radius 1 is 0.903 bits per heavy atom. The van der Waals surface area contributed by atoms with Gasteiger partial charge in [0.1, 0.15) is 5.75 Å². The molecule has 160 valence electrons. The number of benzene rings is 3. The highest BCUT2D eigenvalue weighted by Gasteiger charge is 2.28. The molecule has 1 aliphatic rings. The first-order chi connectivity index (χ1) is 15.1. The molecule has 1 heterocycles. The van der Waals surface area contributed by atoms with Gasteiger partial charge in [-0.25, -0.2) is 0 Å². The normalized spacial score (nSPS) is 14.6. The summed E-state index contributed by atoms with van der Waals surface area (Å²) in [5.41, 5.74) is 3.48. The third-order valence-corrected chi connectivity index (χ3v) is 5.99. The molecule has 1 saturated heterocycles. The van der Waals surface area contributed by atoms with Gasteiger partial charge in [-0.1, -0.05) is 72.3 Å². The van der Waals surface area contributed by atoms with E-state index in [-0.39, 0.29) is 18.6 Å². The molecule has 0 aliphatic carbocycles. The van der Waals surface area contributed by atoms with Gasteiger partial charge in [0.05, 0.1) is 6.04 Å². The van der Waals surface area contributed by atoms with Gasteiger partial charge in [-0.15, -0.1) is 0 Å². The molecule has 1 aliphatic heterocycles. The molecule has 31 heavy (non-hydrogen) atoms. The van der Waals surface area contributed by atoms with Crippen LogP contribution in [0.4, 0.5) is 0 Å². The van der Waals surface area contributed by atoms with Gasteiger partial charge in [-0.05, 0) is 41.8 Å². The monoisotopic (exact) mass is 434 g/mol. The Hall–Kier alpha value is -2.82. The van der Waals surface area contributed by atoms with Crippen LogP contribution in [-0.4, -0.2) is 48.5 Å². The van der Waals surface area contributed by atoms with Gasteiger partial charge < -0.3 is 9.64 Å². The number of carbonyl (C=O) groups is 1. The average molecular weight is 435 g/mol. The molecule has 0 unspecified atom stereocenters. The minimum absolute atomic E-state index is 0.0185. The van der Waals surface area contributed by atoms with Crippen LogP contribution in [0.25, 0.3) is 0 Å². The van der Waals surface area contributed by atoms with E-state index in [1.807, 2.05) is 36.1 Å². The van der Waals surface area contributed by atoms with E-state index in [9.17, 15) is 4.79 Å². The minimum atomic E-state index is 0.0185. The van der Waals surface area contributed by atoms with Crippen molar-refractivity contribution in [3.05, 3.63) is 101 Å². The molecule has 0 bridgehead atoms. The molecular formula is C26H27ClN2O2. The predicted molar refractivity (Wildman–Crippen MR) is 125 cm³/mol. The number of piperazine rings is 1. The van der Waals surface area contributed by atoms with E-state index in [1.54, 1.807) is 6.07 Å². The molecule has 5 heteroatoms. The van der Waals surface area contributed by atoms with Gasteiger partial charge in [-0.2, -0.15) is 0 Å². The zero-order valence-electron chi connectivity index (χ0n) is 17.7. The second-order valence-electron chi connectivity index (χ2n) is 7.84. The summed E-state index contributed by atoms with van der Waals surface area (Å²) in [6, 6.07) is 26.8. The summed E-state index contributed by atoms with van der Waals surface area (Å²) >= 11 is 5.99. The fraction of sp³-hybridized carbons (Fsp3) is 0.269. The predicted octanol–water partition coefficient (Wildman–Crippen LogP) is 4.96. The topological polar surface area (TPSA) is 32.8 Å². The van der Waals surface area contributed by atoms with Crippen LogP contribution < -0.4 is 4.74 Å². The third kappa shape index (κ3) is 5.27. The summed E-state index contributed by atoms with van der Waals surface area (Å²) in [5.74, 6) is 0.717. The number of nitrogens with zero attached hydrogens (tertiary/aromatic N) is 2. The minimum Gasteiger partial charge on any atom is -0.483 e. The molecule has 3 aromatic carbocycles. The lowest BCUT2D eigenvalue weighted by atomic mass is 9.96. The molecular weight excluding hydrogens is 408 g/mol. The van der Waals surface area contributed by atoms with E-state index in [2.05, 4.69) is 53.4 Å². The standard InChI is InChI=1S/C26H27ClN2O2/c1-20-18-23(27)12-13-24(20)31-19-25(30)28-14-16-29(17-15-28)26(21-8-4-2-5-9-21)22-10-6-3-7-11-22/h2-13,18,26H,14-17,19H2,1H3. The molecule has 3 aromatic rings.